The van der Waals surface area contributed by atoms with Crippen LogP contribution in [0.25, 0.3) is 0 Å². The van der Waals surface area contributed by atoms with Gasteiger partial charge in [-0.1, -0.05) is 0 Å². The van der Waals surface area contributed by atoms with Crippen LogP contribution in [0.5, 0.6) is 5.75 Å². The number of benzene rings is 1. The summed E-state index contributed by atoms with van der Waals surface area (Å²) in [6.07, 6.45) is 0. The number of nitrogens with two attached hydrogens (primary N) is 1. The minimum absolute atomic E-state index is 0.333. The van der Waals surface area contributed by atoms with Crippen molar-refractivity contribution in [2.75, 3.05) is 0 Å². The van der Waals surface area contributed by atoms with Crippen LogP contribution >= 0.6 is 0 Å². The summed E-state index contributed by atoms with van der Waals surface area (Å²) < 4.78 is 30.7. The Morgan fingerprint density at radius 3 is 2.40 bits per heavy atom. The van der Waals surface area contributed by atoms with Crippen molar-refractivity contribution in [1.29, 1.82) is 0 Å². The molecule has 20 heavy (non-hydrogen) atoms. The van der Waals surface area contributed by atoms with Crippen molar-refractivity contribution in [3.05, 3.63) is 29.7 Å². The van der Waals surface area contributed by atoms with Crippen LogP contribution in [0.4, 0.5) is 5.69 Å². The third-order valence-electron chi connectivity index (χ3n) is 2.08. The van der Waals surface area contributed by atoms with Crippen LogP contribution < -0.4 is 5.73 Å². The van der Waals surface area contributed by atoms with Gasteiger partial charge in [0, 0.05) is 0 Å². The van der Waals surface area contributed by atoms with Crippen molar-refractivity contribution < 1.29 is 28.0 Å². The van der Waals surface area contributed by atoms with Gasteiger partial charge in [0.15, 0.2) is 5.70 Å². The molecule has 0 saturated carbocycles. The molecule has 0 aliphatic rings. The van der Waals surface area contributed by atoms with Gasteiger partial charge in [-0.15, -0.1) is 10.2 Å². The fourth-order valence-electron chi connectivity index (χ4n) is 1.15. The molecule has 0 aliphatic heterocycles. The van der Waals surface area contributed by atoms with Crippen LogP contribution in [0.2, 0.25) is 0 Å². The van der Waals surface area contributed by atoms with Crippen LogP contribution in [0, 0.1) is 0 Å². The zero-order valence-electron chi connectivity index (χ0n) is 10.2. The number of phenolic OH excluding ortho intramolecular Hbond substituents is 1. The number of rotatable bonds is 4. The van der Waals surface area contributed by atoms with E-state index in [0.29, 0.717) is 0 Å². The molecule has 0 spiro atoms. The van der Waals surface area contributed by atoms with Gasteiger partial charge in [0.1, 0.15) is 17.2 Å². The van der Waals surface area contributed by atoms with E-state index in [1.54, 1.807) is 0 Å². The molecule has 108 valence electrons. The molecule has 0 bridgehead atoms. The van der Waals surface area contributed by atoms with E-state index in [2.05, 4.69) is 10.2 Å². The van der Waals surface area contributed by atoms with Gasteiger partial charge in [-0.25, -0.2) is 0 Å². The number of phenols is 1. The van der Waals surface area contributed by atoms with Crippen LogP contribution in [-0.4, -0.2) is 29.1 Å². The summed E-state index contributed by atoms with van der Waals surface area (Å²) in [5.74, 6) is -1.99. The van der Waals surface area contributed by atoms with Crippen molar-refractivity contribution in [2.45, 2.75) is 11.8 Å². The van der Waals surface area contributed by atoms with Crippen molar-refractivity contribution in [3.63, 3.8) is 0 Å². The molecule has 1 amide bonds. The van der Waals surface area contributed by atoms with Crippen LogP contribution in [0.3, 0.4) is 0 Å². The molecule has 0 aliphatic carbocycles. The molecule has 10 heteroatoms. The molecule has 0 saturated heterocycles. The molecule has 0 unspecified atom stereocenters. The summed E-state index contributed by atoms with van der Waals surface area (Å²) in [6, 6.07) is 2.75. The maximum Gasteiger partial charge on any atom is 0.294 e. The molecule has 1 aromatic carbocycles. The Hall–Kier alpha value is -2.46. The molecular formula is C10H11N3O6S. The van der Waals surface area contributed by atoms with E-state index in [0.717, 1.165) is 25.1 Å². The predicted octanol–water partition coefficient (Wildman–Crippen LogP) is 0.997. The average Bonchev–Trinajstić information content (AvgIpc) is 2.29. The molecule has 1 aromatic rings. The number of primary amides is 1. The molecule has 0 fully saturated rings. The third kappa shape index (κ3) is 3.76. The van der Waals surface area contributed by atoms with Gasteiger partial charge in [-0.2, -0.15) is 8.42 Å². The largest absolute Gasteiger partial charge is 0.510 e. The smallest absolute Gasteiger partial charge is 0.294 e. The first-order valence-electron chi connectivity index (χ1n) is 5.05. The van der Waals surface area contributed by atoms with Crippen molar-refractivity contribution in [2.24, 2.45) is 16.0 Å². The second-order valence-electron chi connectivity index (χ2n) is 3.62. The number of aliphatic hydroxyl groups excluding tert-OH is 1. The summed E-state index contributed by atoms with van der Waals surface area (Å²) in [4.78, 5) is 10.4. The van der Waals surface area contributed by atoms with Crippen LogP contribution in [0.15, 0.2) is 44.8 Å². The first-order chi connectivity index (χ1) is 9.12. The Labute approximate surface area is 113 Å². The topological polar surface area (TPSA) is 163 Å². The second-order valence-corrected chi connectivity index (χ2v) is 5.05. The number of carbonyl (C=O) groups excluding carboxylic acids is 1. The number of nitrogens with zero attached hydrogens (tertiary/aromatic N) is 2. The van der Waals surface area contributed by atoms with E-state index in [1.165, 1.54) is 0 Å². The molecule has 9 nitrogen and oxygen atoms in total. The summed E-state index contributed by atoms with van der Waals surface area (Å²) in [6.45, 7) is 1.15. The molecular weight excluding hydrogens is 290 g/mol. The maximum absolute atomic E-state index is 10.9. The lowest BCUT2D eigenvalue weighted by atomic mass is 10.3. The lowest BCUT2D eigenvalue weighted by Gasteiger charge is -2.01. The average molecular weight is 301 g/mol. The molecule has 0 aromatic heterocycles. The minimum atomic E-state index is -4.48. The number of aromatic hydroxyl groups is 1. The normalized spacial score (nSPS) is 13.3. The summed E-state index contributed by atoms with van der Waals surface area (Å²) in [5, 5.41) is 25.3. The van der Waals surface area contributed by atoms with Crippen molar-refractivity contribution in [3.8, 4) is 5.75 Å². The van der Waals surface area contributed by atoms with E-state index < -0.39 is 38.1 Å². The van der Waals surface area contributed by atoms with Gasteiger partial charge in [0.25, 0.3) is 16.0 Å². The quantitative estimate of drug-likeness (QED) is 0.280. The summed E-state index contributed by atoms with van der Waals surface area (Å²) in [5.41, 5.74) is 4.04. The summed E-state index contributed by atoms with van der Waals surface area (Å²) >= 11 is 0. The van der Waals surface area contributed by atoms with Gasteiger partial charge < -0.3 is 15.9 Å². The number of amides is 1. The highest BCUT2D eigenvalue weighted by atomic mass is 32.2. The van der Waals surface area contributed by atoms with Gasteiger partial charge in [0.05, 0.1) is 4.90 Å². The second kappa shape index (κ2) is 5.67. The number of aliphatic hydroxyl groups is 1. The Kier molecular flexibility index (Phi) is 4.42. The van der Waals surface area contributed by atoms with E-state index in [9.17, 15) is 18.3 Å². The number of allylic oxidation sites excluding steroid dienone is 1. The van der Waals surface area contributed by atoms with Crippen LogP contribution in [-0.2, 0) is 14.9 Å². The molecule has 0 heterocycles. The SMILES string of the molecule is C/C(O)=C(\N=Nc1cc(S(=O)(=O)O)ccc1O)C(N)=O. The first-order valence-corrected chi connectivity index (χ1v) is 6.49. The Bertz CT molecular complexity index is 704. The monoisotopic (exact) mass is 301 g/mol. The molecule has 0 radical (unpaired) electrons. The molecule has 1 rings (SSSR count). The van der Waals surface area contributed by atoms with E-state index in [4.69, 9.17) is 15.4 Å². The first kappa shape index (κ1) is 15.6. The van der Waals surface area contributed by atoms with Gasteiger partial charge in [-0.3, -0.25) is 9.35 Å². The van der Waals surface area contributed by atoms with Gasteiger partial charge in [0.2, 0.25) is 0 Å². The predicted molar refractivity (Wildman–Crippen MR) is 67.0 cm³/mol. The minimum Gasteiger partial charge on any atom is -0.510 e. The number of azo groups is 1. The third-order valence-corrected chi connectivity index (χ3v) is 2.93. The Morgan fingerprint density at radius 2 is 1.95 bits per heavy atom. The van der Waals surface area contributed by atoms with E-state index in [-0.39, 0.29) is 5.69 Å². The number of hydrogen-bond acceptors (Lipinski definition) is 7. The number of hydrogen-bond donors (Lipinski definition) is 4. The number of carbonyl (C=O) groups is 1. The highest BCUT2D eigenvalue weighted by molar-refractivity contribution is 7.85. The van der Waals surface area contributed by atoms with Crippen molar-refractivity contribution in [1.82, 2.24) is 0 Å². The van der Waals surface area contributed by atoms with Gasteiger partial charge in [-0.05, 0) is 25.1 Å². The Balaban J connectivity index is 3.29. The zero-order chi connectivity index (χ0) is 15.5. The lowest BCUT2D eigenvalue weighted by Crippen LogP contribution is -2.13. The van der Waals surface area contributed by atoms with Crippen LogP contribution in [0.1, 0.15) is 6.92 Å². The van der Waals surface area contributed by atoms with E-state index >= 15 is 0 Å². The van der Waals surface area contributed by atoms with E-state index in [1.807, 2.05) is 0 Å². The highest BCUT2D eigenvalue weighted by Gasteiger charge is 2.13. The highest BCUT2D eigenvalue weighted by Crippen LogP contribution is 2.29. The van der Waals surface area contributed by atoms with Gasteiger partial charge >= 0.3 is 0 Å². The lowest BCUT2D eigenvalue weighted by molar-refractivity contribution is -0.114. The Morgan fingerprint density at radius 1 is 1.35 bits per heavy atom. The zero-order valence-corrected chi connectivity index (χ0v) is 11.0. The van der Waals surface area contributed by atoms with Crippen molar-refractivity contribution >= 4 is 21.7 Å². The fraction of sp³-hybridized carbons (Fsp3) is 0.100. The summed E-state index contributed by atoms with van der Waals surface area (Å²) in [7, 11) is -4.48. The standard InChI is InChI=1S/C10H11N3O6S/c1-5(14)9(10(11)16)13-12-7-4-6(20(17,18)19)2-3-8(7)15/h2-4,14-15H,1H3,(H2,11,16)(H,17,18,19)/b9-5+,13-12?. The molecule has 0 atom stereocenters. The molecule has 5 N–H and O–H groups in total. The fourth-order valence-corrected chi connectivity index (χ4v) is 1.65. The maximum atomic E-state index is 10.9.